The Labute approximate surface area is 140 Å². The molecule has 0 radical (unpaired) electrons. The SMILES string of the molecule is COc1cc(OC)cc(C(=O)NCCc2ccc3cc[nH]c3c2)c1. The van der Waals surface area contributed by atoms with Gasteiger partial charge < -0.3 is 19.8 Å². The molecule has 0 aliphatic carbocycles. The molecule has 1 heterocycles. The van der Waals surface area contributed by atoms with Gasteiger partial charge in [0.15, 0.2) is 0 Å². The average Bonchev–Trinajstić information content (AvgIpc) is 3.08. The van der Waals surface area contributed by atoms with E-state index in [0.29, 0.717) is 23.6 Å². The molecule has 1 amide bonds. The van der Waals surface area contributed by atoms with Gasteiger partial charge in [0.2, 0.25) is 0 Å². The summed E-state index contributed by atoms with van der Waals surface area (Å²) < 4.78 is 10.4. The molecule has 0 spiro atoms. The quantitative estimate of drug-likeness (QED) is 0.732. The maximum atomic E-state index is 12.3. The number of benzene rings is 2. The number of rotatable bonds is 6. The van der Waals surface area contributed by atoms with Crippen LogP contribution in [0, 0.1) is 0 Å². The minimum Gasteiger partial charge on any atom is -0.497 e. The van der Waals surface area contributed by atoms with Crippen molar-refractivity contribution >= 4 is 16.8 Å². The maximum Gasteiger partial charge on any atom is 0.251 e. The Morgan fingerprint density at radius 3 is 2.50 bits per heavy atom. The zero-order valence-electron chi connectivity index (χ0n) is 13.8. The number of amides is 1. The summed E-state index contributed by atoms with van der Waals surface area (Å²) in [6.45, 7) is 0.560. The van der Waals surface area contributed by atoms with Crippen molar-refractivity contribution in [1.29, 1.82) is 0 Å². The fourth-order valence-electron chi connectivity index (χ4n) is 2.61. The predicted molar refractivity (Wildman–Crippen MR) is 93.9 cm³/mol. The van der Waals surface area contributed by atoms with Crippen LogP contribution in [-0.2, 0) is 6.42 Å². The van der Waals surface area contributed by atoms with Gasteiger partial charge in [-0.1, -0.05) is 12.1 Å². The number of hydrogen-bond donors (Lipinski definition) is 2. The third-order valence-electron chi connectivity index (χ3n) is 3.93. The number of carbonyl (C=O) groups excluding carboxylic acids is 1. The highest BCUT2D eigenvalue weighted by molar-refractivity contribution is 5.95. The van der Waals surface area contributed by atoms with Gasteiger partial charge in [0, 0.05) is 29.9 Å². The summed E-state index contributed by atoms with van der Waals surface area (Å²) >= 11 is 0. The van der Waals surface area contributed by atoms with Gasteiger partial charge in [-0.15, -0.1) is 0 Å². The van der Waals surface area contributed by atoms with E-state index in [0.717, 1.165) is 11.9 Å². The van der Waals surface area contributed by atoms with Crippen molar-refractivity contribution in [3.8, 4) is 11.5 Å². The smallest absolute Gasteiger partial charge is 0.251 e. The second-order valence-corrected chi connectivity index (χ2v) is 5.51. The summed E-state index contributed by atoms with van der Waals surface area (Å²) in [5.41, 5.74) is 2.80. The molecule has 0 unspecified atom stereocenters. The lowest BCUT2D eigenvalue weighted by atomic mass is 10.1. The van der Waals surface area contributed by atoms with Crippen LogP contribution >= 0.6 is 0 Å². The highest BCUT2D eigenvalue weighted by Crippen LogP contribution is 2.22. The van der Waals surface area contributed by atoms with E-state index in [2.05, 4.69) is 28.5 Å². The number of H-pyrrole nitrogens is 1. The largest absolute Gasteiger partial charge is 0.497 e. The van der Waals surface area contributed by atoms with Crippen LogP contribution in [0.5, 0.6) is 11.5 Å². The van der Waals surface area contributed by atoms with Crippen molar-refractivity contribution in [1.82, 2.24) is 10.3 Å². The summed E-state index contributed by atoms with van der Waals surface area (Å²) in [6.07, 6.45) is 2.69. The molecule has 0 saturated heterocycles. The van der Waals surface area contributed by atoms with Crippen LogP contribution in [0.4, 0.5) is 0 Å². The van der Waals surface area contributed by atoms with Gasteiger partial charge in [0.05, 0.1) is 14.2 Å². The molecule has 24 heavy (non-hydrogen) atoms. The third-order valence-corrected chi connectivity index (χ3v) is 3.93. The topological polar surface area (TPSA) is 63.4 Å². The van der Waals surface area contributed by atoms with E-state index in [9.17, 15) is 4.79 Å². The van der Waals surface area contributed by atoms with Crippen molar-refractivity contribution in [3.05, 3.63) is 59.8 Å². The second-order valence-electron chi connectivity index (χ2n) is 5.51. The van der Waals surface area contributed by atoms with Crippen molar-refractivity contribution in [2.24, 2.45) is 0 Å². The number of nitrogens with one attached hydrogen (secondary N) is 2. The lowest BCUT2D eigenvalue weighted by Crippen LogP contribution is -2.25. The number of aromatic nitrogens is 1. The molecular weight excluding hydrogens is 304 g/mol. The number of carbonyl (C=O) groups is 1. The van der Waals surface area contributed by atoms with E-state index in [-0.39, 0.29) is 5.91 Å². The zero-order chi connectivity index (χ0) is 16.9. The van der Waals surface area contributed by atoms with Gasteiger partial charge in [-0.05, 0) is 41.6 Å². The van der Waals surface area contributed by atoms with Crippen molar-refractivity contribution in [2.75, 3.05) is 20.8 Å². The number of ether oxygens (including phenoxy) is 2. The molecule has 5 heteroatoms. The normalized spacial score (nSPS) is 10.6. The zero-order valence-corrected chi connectivity index (χ0v) is 13.8. The summed E-state index contributed by atoms with van der Waals surface area (Å²) in [4.78, 5) is 15.5. The van der Waals surface area contributed by atoms with Gasteiger partial charge in [-0.2, -0.15) is 0 Å². The fraction of sp³-hybridized carbons (Fsp3) is 0.211. The molecule has 3 aromatic rings. The average molecular weight is 324 g/mol. The molecular formula is C19H20N2O3. The Balaban J connectivity index is 1.62. The monoisotopic (exact) mass is 324 g/mol. The van der Waals surface area contributed by atoms with Crippen molar-refractivity contribution in [2.45, 2.75) is 6.42 Å². The van der Waals surface area contributed by atoms with E-state index in [1.165, 1.54) is 10.9 Å². The lowest BCUT2D eigenvalue weighted by molar-refractivity contribution is 0.0953. The Morgan fingerprint density at radius 2 is 1.79 bits per heavy atom. The van der Waals surface area contributed by atoms with E-state index in [1.54, 1.807) is 32.4 Å². The van der Waals surface area contributed by atoms with E-state index >= 15 is 0 Å². The first-order chi connectivity index (χ1) is 11.7. The van der Waals surface area contributed by atoms with Crippen molar-refractivity contribution < 1.29 is 14.3 Å². The standard InChI is InChI=1S/C19H20N2O3/c1-23-16-10-15(11-17(12-16)24-2)19(22)21-7-5-13-3-4-14-6-8-20-18(14)9-13/h3-4,6,8-12,20H,5,7H2,1-2H3,(H,21,22). The molecule has 124 valence electrons. The highest BCUT2D eigenvalue weighted by Gasteiger charge is 2.09. The summed E-state index contributed by atoms with van der Waals surface area (Å²) in [7, 11) is 3.13. The predicted octanol–water partition coefficient (Wildman–Crippen LogP) is 3.16. The highest BCUT2D eigenvalue weighted by atomic mass is 16.5. The van der Waals surface area contributed by atoms with Gasteiger partial charge in [0.1, 0.15) is 11.5 Å². The van der Waals surface area contributed by atoms with Gasteiger partial charge in [0.25, 0.3) is 5.91 Å². The van der Waals surface area contributed by atoms with Gasteiger partial charge in [-0.25, -0.2) is 0 Å². The molecule has 0 bridgehead atoms. The molecule has 3 rings (SSSR count). The van der Waals surface area contributed by atoms with Crippen LogP contribution in [0.3, 0.4) is 0 Å². The van der Waals surface area contributed by atoms with Crippen molar-refractivity contribution in [3.63, 3.8) is 0 Å². The van der Waals surface area contributed by atoms with E-state index < -0.39 is 0 Å². The first-order valence-electron chi connectivity index (χ1n) is 7.77. The summed E-state index contributed by atoms with van der Waals surface area (Å²) in [5, 5.41) is 4.12. The number of hydrogen-bond acceptors (Lipinski definition) is 3. The fourth-order valence-corrected chi connectivity index (χ4v) is 2.61. The lowest BCUT2D eigenvalue weighted by Gasteiger charge is -2.09. The Hall–Kier alpha value is -2.95. The molecule has 0 fully saturated rings. The summed E-state index contributed by atoms with van der Waals surface area (Å²) in [5.74, 6) is 1.04. The first-order valence-corrected chi connectivity index (χ1v) is 7.77. The summed E-state index contributed by atoms with van der Waals surface area (Å²) in [6, 6.07) is 13.4. The molecule has 0 aliphatic heterocycles. The minimum atomic E-state index is -0.145. The maximum absolute atomic E-state index is 12.3. The number of aromatic amines is 1. The van der Waals surface area contributed by atoms with Crippen LogP contribution in [0.15, 0.2) is 48.7 Å². The van der Waals surface area contributed by atoms with Crippen LogP contribution in [0.1, 0.15) is 15.9 Å². The third kappa shape index (κ3) is 3.51. The molecule has 0 aliphatic rings. The Kier molecular flexibility index (Phi) is 4.70. The van der Waals surface area contributed by atoms with Gasteiger partial charge >= 0.3 is 0 Å². The molecule has 1 aromatic heterocycles. The Morgan fingerprint density at radius 1 is 1.04 bits per heavy atom. The van der Waals surface area contributed by atoms with E-state index in [1.807, 2.05) is 12.3 Å². The second kappa shape index (κ2) is 7.08. The van der Waals surface area contributed by atoms with Crippen LogP contribution in [-0.4, -0.2) is 31.7 Å². The molecule has 5 nitrogen and oxygen atoms in total. The molecule has 2 N–H and O–H groups in total. The van der Waals surface area contributed by atoms with Crippen LogP contribution in [0.2, 0.25) is 0 Å². The molecule has 0 saturated carbocycles. The molecule has 0 atom stereocenters. The number of methoxy groups -OCH3 is 2. The Bertz CT molecular complexity index is 832. The minimum absolute atomic E-state index is 0.145. The molecule has 2 aromatic carbocycles. The van der Waals surface area contributed by atoms with Crippen LogP contribution in [0.25, 0.3) is 10.9 Å². The van der Waals surface area contributed by atoms with E-state index in [4.69, 9.17) is 9.47 Å². The van der Waals surface area contributed by atoms with Crippen LogP contribution < -0.4 is 14.8 Å². The number of fused-ring (bicyclic) bond motifs is 1. The van der Waals surface area contributed by atoms with Gasteiger partial charge in [-0.3, -0.25) is 4.79 Å². The first kappa shape index (κ1) is 15.9.